The molecule has 1 aromatic heterocycles. The third kappa shape index (κ3) is 2.84. The molecule has 0 aliphatic carbocycles. The van der Waals surface area contributed by atoms with Crippen molar-refractivity contribution in [2.24, 2.45) is 0 Å². The Bertz CT molecular complexity index is 414. The van der Waals surface area contributed by atoms with Gasteiger partial charge in [-0.2, -0.15) is 0 Å². The van der Waals surface area contributed by atoms with Gasteiger partial charge in [0.15, 0.2) is 0 Å². The van der Waals surface area contributed by atoms with E-state index in [1.807, 2.05) is 6.92 Å². The summed E-state index contributed by atoms with van der Waals surface area (Å²) in [6.45, 7) is 5.97. The summed E-state index contributed by atoms with van der Waals surface area (Å²) in [5.41, 5.74) is 1.15. The lowest BCUT2D eigenvalue weighted by molar-refractivity contribution is 0.216. The number of rotatable bonds is 5. The minimum absolute atomic E-state index is 0.128. The predicted molar refractivity (Wildman–Crippen MR) is 73.8 cm³/mol. The Morgan fingerprint density at radius 2 is 2.41 bits per heavy atom. The molecule has 0 fully saturated rings. The zero-order valence-corrected chi connectivity index (χ0v) is 11.8. The monoisotopic (exact) mass is 271 g/mol. The second kappa shape index (κ2) is 5.89. The molecule has 0 aromatic carbocycles. The highest BCUT2D eigenvalue weighted by Gasteiger charge is 2.24. The van der Waals surface area contributed by atoms with Crippen molar-refractivity contribution in [3.8, 4) is 0 Å². The Balaban J connectivity index is 2.23. The average Bonchev–Trinajstić information content (AvgIpc) is 2.94. The molecule has 1 aromatic rings. The van der Waals surface area contributed by atoms with Crippen LogP contribution in [0, 0.1) is 6.92 Å². The molecule has 0 bridgehead atoms. The summed E-state index contributed by atoms with van der Waals surface area (Å²) in [6, 6.07) is 0.128. The summed E-state index contributed by atoms with van der Waals surface area (Å²) in [6.07, 6.45) is 4.27. The van der Waals surface area contributed by atoms with E-state index in [2.05, 4.69) is 23.7 Å². The first-order chi connectivity index (χ1) is 8.24. The fourth-order valence-electron chi connectivity index (χ4n) is 1.89. The van der Waals surface area contributed by atoms with Crippen molar-refractivity contribution in [2.45, 2.75) is 32.7 Å². The van der Waals surface area contributed by atoms with Gasteiger partial charge in [0.2, 0.25) is 0 Å². The summed E-state index contributed by atoms with van der Waals surface area (Å²) in [4.78, 5) is 1.17. The van der Waals surface area contributed by atoms with Crippen LogP contribution in [0.1, 0.15) is 36.2 Å². The molecule has 0 amide bonds. The molecule has 0 spiro atoms. The molecule has 2 heterocycles. The molecule has 4 heteroatoms. The van der Waals surface area contributed by atoms with Crippen LogP contribution < -0.4 is 5.32 Å². The van der Waals surface area contributed by atoms with E-state index in [1.165, 1.54) is 4.88 Å². The van der Waals surface area contributed by atoms with Gasteiger partial charge in [-0.25, -0.2) is 0 Å². The van der Waals surface area contributed by atoms with E-state index in [0.717, 1.165) is 42.3 Å². The summed E-state index contributed by atoms with van der Waals surface area (Å²) < 4.78 is 5.68. The highest BCUT2D eigenvalue weighted by molar-refractivity contribution is 7.10. The first kappa shape index (κ1) is 12.9. The Hall–Kier alpha value is -0.510. The highest BCUT2D eigenvalue weighted by Crippen LogP contribution is 2.37. The number of halogens is 1. The summed E-state index contributed by atoms with van der Waals surface area (Å²) >= 11 is 8.05. The van der Waals surface area contributed by atoms with Gasteiger partial charge in [0.1, 0.15) is 11.8 Å². The zero-order chi connectivity index (χ0) is 12.3. The van der Waals surface area contributed by atoms with E-state index >= 15 is 0 Å². The summed E-state index contributed by atoms with van der Waals surface area (Å²) in [5, 5.41) is 6.49. The van der Waals surface area contributed by atoms with Crippen LogP contribution in [0.5, 0.6) is 0 Å². The van der Waals surface area contributed by atoms with E-state index in [9.17, 15) is 0 Å². The number of aryl methyl sites for hydroxylation is 1. The standard InChI is InChI=1S/C13H18ClNOS/c1-3-6-15-12(10-5-4-7-16-10)13-11(14)9(2)8-17-13/h5,8,12,15H,3-4,6-7H2,1-2H3. The lowest BCUT2D eigenvalue weighted by Gasteiger charge is -2.19. The maximum absolute atomic E-state index is 6.35. The largest absolute Gasteiger partial charge is 0.496 e. The van der Waals surface area contributed by atoms with E-state index in [0.29, 0.717) is 0 Å². The smallest absolute Gasteiger partial charge is 0.114 e. The molecule has 1 atom stereocenters. The molecular weight excluding hydrogens is 254 g/mol. The van der Waals surface area contributed by atoms with Crippen molar-refractivity contribution in [1.82, 2.24) is 5.32 Å². The molecule has 1 aliphatic rings. The quantitative estimate of drug-likeness (QED) is 0.872. The minimum Gasteiger partial charge on any atom is -0.496 e. The fourth-order valence-corrected chi connectivity index (χ4v) is 3.28. The van der Waals surface area contributed by atoms with Crippen LogP contribution in [0.2, 0.25) is 5.02 Å². The molecule has 1 aliphatic heterocycles. The molecule has 2 nitrogen and oxygen atoms in total. The molecule has 0 saturated heterocycles. The zero-order valence-electron chi connectivity index (χ0n) is 10.3. The Morgan fingerprint density at radius 3 is 2.94 bits per heavy atom. The summed E-state index contributed by atoms with van der Waals surface area (Å²) in [7, 11) is 0. The molecule has 2 rings (SSSR count). The van der Waals surface area contributed by atoms with Crippen LogP contribution in [0.3, 0.4) is 0 Å². The Labute approximate surface area is 112 Å². The maximum atomic E-state index is 6.35. The number of ether oxygens (including phenoxy) is 1. The SMILES string of the molecule is CCCNC(C1=CCCO1)c1scc(C)c1Cl. The lowest BCUT2D eigenvalue weighted by atomic mass is 10.1. The molecule has 1 N–H and O–H groups in total. The third-order valence-corrected chi connectivity index (χ3v) is 4.58. The number of hydrogen-bond acceptors (Lipinski definition) is 3. The first-order valence-corrected chi connectivity index (χ1v) is 7.29. The van der Waals surface area contributed by atoms with Crippen LogP contribution >= 0.6 is 22.9 Å². The minimum atomic E-state index is 0.128. The molecule has 1 unspecified atom stereocenters. The second-order valence-electron chi connectivity index (χ2n) is 4.23. The van der Waals surface area contributed by atoms with E-state index in [1.54, 1.807) is 11.3 Å². The van der Waals surface area contributed by atoms with Crippen molar-refractivity contribution in [1.29, 1.82) is 0 Å². The van der Waals surface area contributed by atoms with Crippen molar-refractivity contribution in [2.75, 3.05) is 13.2 Å². The van der Waals surface area contributed by atoms with Crippen LogP contribution in [-0.4, -0.2) is 13.2 Å². The lowest BCUT2D eigenvalue weighted by Crippen LogP contribution is -2.23. The van der Waals surface area contributed by atoms with Gasteiger partial charge < -0.3 is 10.1 Å². The van der Waals surface area contributed by atoms with Crippen molar-refractivity contribution < 1.29 is 4.74 Å². The van der Waals surface area contributed by atoms with Gasteiger partial charge in [0.05, 0.1) is 11.6 Å². The maximum Gasteiger partial charge on any atom is 0.114 e. The van der Waals surface area contributed by atoms with Crippen molar-refractivity contribution in [3.63, 3.8) is 0 Å². The molecule has 0 radical (unpaired) electrons. The first-order valence-electron chi connectivity index (χ1n) is 6.03. The highest BCUT2D eigenvalue weighted by atomic mass is 35.5. The van der Waals surface area contributed by atoms with Crippen molar-refractivity contribution >= 4 is 22.9 Å². The molecule has 17 heavy (non-hydrogen) atoms. The van der Waals surface area contributed by atoms with Crippen LogP contribution in [0.4, 0.5) is 0 Å². The van der Waals surface area contributed by atoms with Gasteiger partial charge in [-0.3, -0.25) is 0 Å². The number of hydrogen-bond donors (Lipinski definition) is 1. The van der Waals surface area contributed by atoms with Gasteiger partial charge in [-0.05, 0) is 36.9 Å². The van der Waals surface area contributed by atoms with Crippen LogP contribution in [0.15, 0.2) is 17.2 Å². The van der Waals surface area contributed by atoms with Crippen molar-refractivity contribution in [3.05, 3.63) is 32.7 Å². The predicted octanol–water partition coefficient (Wildman–Crippen LogP) is 4.05. The molecule has 94 valence electrons. The van der Waals surface area contributed by atoms with Gasteiger partial charge in [-0.15, -0.1) is 11.3 Å². The van der Waals surface area contributed by atoms with Gasteiger partial charge in [0, 0.05) is 11.3 Å². The number of nitrogens with one attached hydrogen (secondary N) is 1. The van der Waals surface area contributed by atoms with Gasteiger partial charge >= 0.3 is 0 Å². The Kier molecular flexibility index (Phi) is 4.48. The Morgan fingerprint density at radius 1 is 1.59 bits per heavy atom. The fraction of sp³-hybridized carbons (Fsp3) is 0.538. The van der Waals surface area contributed by atoms with Gasteiger partial charge in [-0.1, -0.05) is 18.5 Å². The molecule has 0 saturated carbocycles. The number of thiophene rings is 1. The second-order valence-corrected chi connectivity index (χ2v) is 5.52. The average molecular weight is 272 g/mol. The topological polar surface area (TPSA) is 21.3 Å². The third-order valence-electron chi connectivity index (χ3n) is 2.80. The summed E-state index contributed by atoms with van der Waals surface area (Å²) in [5.74, 6) is 1.03. The van der Waals surface area contributed by atoms with Crippen LogP contribution in [0.25, 0.3) is 0 Å². The van der Waals surface area contributed by atoms with Gasteiger partial charge in [0.25, 0.3) is 0 Å². The van der Waals surface area contributed by atoms with Crippen LogP contribution in [-0.2, 0) is 4.74 Å². The van der Waals surface area contributed by atoms with E-state index < -0.39 is 0 Å². The normalized spacial score (nSPS) is 16.8. The molecular formula is C13H18ClNOS. The van der Waals surface area contributed by atoms with E-state index in [-0.39, 0.29) is 6.04 Å². The van der Waals surface area contributed by atoms with E-state index in [4.69, 9.17) is 16.3 Å².